The van der Waals surface area contributed by atoms with Crippen LogP contribution in [0.15, 0.2) is 41.0 Å². The van der Waals surface area contributed by atoms with Gasteiger partial charge >= 0.3 is 0 Å². The van der Waals surface area contributed by atoms with Gasteiger partial charge in [-0.2, -0.15) is 0 Å². The third-order valence-corrected chi connectivity index (χ3v) is 2.74. The Morgan fingerprint density at radius 3 is 2.59 bits per heavy atom. The van der Waals surface area contributed by atoms with Crippen LogP contribution in [-0.4, -0.2) is 11.3 Å². The van der Waals surface area contributed by atoms with Gasteiger partial charge in [0.1, 0.15) is 5.75 Å². The summed E-state index contributed by atoms with van der Waals surface area (Å²) in [7, 11) is 0. The van der Waals surface area contributed by atoms with Gasteiger partial charge < -0.3 is 4.74 Å². The molecule has 86 valence electrons. The lowest BCUT2D eigenvalue weighted by Gasteiger charge is -2.07. The van der Waals surface area contributed by atoms with Gasteiger partial charge in [-0.05, 0) is 37.3 Å². The van der Waals surface area contributed by atoms with Crippen LogP contribution in [0.1, 0.15) is 15.9 Å². The van der Waals surface area contributed by atoms with E-state index in [2.05, 4.69) is 20.9 Å². The summed E-state index contributed by atoms with van der Waals surface area (Å²) < 4.78 is 6.61. The number of aryl methyl sites for hydroxylation is 1. The number of pyridine rings is 1. The average Bonchev–Trinajstić information content (AvgIpc) is 2.34. The third-order valence-electron chi connectivity index (χ3n) is 2.22. The van der Waals surface area contributed by atoms with Crippen LogP contribution < -0.4 is 4.74 Å². The lowest BCUT2D eigenvalue weighted by Crippen LogP contribution is -1.93. The Kier molecular flexibility index (Phi) is 3.54. The SMILES string of the molecule is Cc1cc(C=O)cnc1Oc1ccc(Br)cc1. The molecule has 0 bridgehead atoms. The van der Waals surface area contributed by atoms with E-state index in [9.17, 15) is 4.79 Å². The number of halogens is 1. The molecule has 1 aromatic heterocycles. The maximum Gasteiger partial charge on any atom is 0.222 e. The van der Waals surface area contributed by atoms with Gasteiger partial charge in [-0.25, -0.2) is 4.98 Å². The van der Waals surface area contributed by atoms with E-state index in [1.165, 1.54) is 6.20 Å². The molecule has 17 heavy (non-hydrogen) atoms. The maximum absolute atomic E-state index is 10.6. The summed E-state index contributed by atoms with van der Waals surface area (Å²) in [6, 6.07) is 9.22. The second-order valence-corrected chi connectivity index (χ2v) is 4.48. The van der Waals surface area contributed by atoms with Crippen molar-refractivity contribution in [2.24, 2.45) is 0 Å². The zero-order valence-electron chi connectivity index (χ0n) is 9.18. The van der Waals surface area contributed by atoms with E-state index in [0.29, 0.717) is 17.2 Å². The number of hydrogen-bond acceptors (Lipinski definition) is 3. The molecule has 0 unspecified atom stereocenters. The van der Waals surface area contributed by atoms with Gasteiger partial charge in [0.2, 0.25) is 5.88 Å². The summed E-state index contributed by atoms with van der Waals surface area (Å²) in [5.41, 5.74) is 1.38. The molecule has 0 atom stereocenters. The maximum atomic E-state index is 10.6. The molecule has 0 saturated carbocycles. The third kappa shape index (κ3) is 2.91. The topological polar surface area (TPSA) is 39.2 Å². The molecule has 2 rings (SSSR count). The molecule has 2 aromatic rings. The molecule has 4 heteroatoms. The van der Waals surface area contributed by atoms with Gasteiger partial charge in [0, 0.05) is 21.8 Å². The van der Waals surface area contributed by atoms with Crippen molar-refractivity contribution in [1.82, 2.24) is 4.98 Å². The predicted octanol–water partition coefficient (Wildman–Crippen LogP) is 3.76. The Hall–Kier alpha value is -1.68. The van der Waals surface area contributed by atoms with Gasteiger partial charge in [0.15, 0.2) is 6.29 Å². The molecule has 1 aromatic carbocycles. The van der Waals surface area contributed by atoms with Crippen molar-refractivity contribution in [2.75, 3.05) is 0 Å². The molecule has 0 amide bonds. The number of aldehydes is 1. The number of ether oxygens (including phenoxy) is 1. The van der Waals surface area contributed by atoms with E-state index in [1.54, 1.807) is 6.07 Å². The summed E-state index contributed by atoms with van der Waals surface area (Å²) >= 11 is 3.35. The van der Waals surface area contributed by atoms with Crippen LogP contribution >= 0.6 is 15.9 Å². The number of aromatic nitrogens is 1. The van der Waals surface area contributed by atoms with E-state index < -0.39 is 0 Å². The minimum Gasteiger partial charge on any atom is -0.439 e. The summed E-state index contributed by atoms with van der Waals surface area (Å²) in [6.45, 7) is 1.86. The van der Waals surface area contributed by atoms with Gasteiger partial charge in [0.25, 0.3) is 0 Å². The van der Waals surface area contributed by atoms with Crippen LogP contribution in [0.25, 0.3) is 0 Å². The Balaban J connectivity index is 2.24. The van der Waals surface area contributed by atoms with E-state index in [0.717, 1.165) is 16.3 Å². The molecule has 1 heterocycles. The fourth-order valence-electron chi connectivity index (χ4n) is 1.37. The molecular formula is C13H10BrNO2. The van der Waals surface area contributed by atoms with Crippen LogP contribution in [-0.2, 0) is 0 Å². The number of hydrogen-bond donors (Lipinski definition) is 0. The first-order valence-corrected chi connectivity index (χ1v) is 5.83. The quantitative estimate of drug-likeness (QED) is 0.809. The highest BCUT2D eigenvalue weighted by Crippen LogP contribution is 2.24. The standard InChI is InChI=1S/C13H10BrNO2/c1-9-6-10(8-16)7-15-13(9)17-12-4-2-11(14)3-5-12/h2-8H,1H3. The fourth-order valence-corrected chi connectivity index (χ4v) is 1.63. The summed E-state index contributed by atoms with van der Waals surface area (Å²) in [5, 5.41) is 0. The molecule has 0 saturated heterocycles. The zero-order chi connectivity index (χ0) is 12.3. The Morgan fingerprint density at radius 1 is 1.29 bits per heavy atom. The Morgan fingerprint density at radius 2 is 2.00 bits per heavy atom. The van der Waals surface area contributed by atoms with Crippen molar-refractivity contribution in [3.63, 3.8) is 0 Å². The van der Waals surface area contributed by atoms with Crippen molar-refractivity contribution in [1.29, 1.82) is 0 Å². The number of rotatable bonds is 3. The lowest BCUT2D eigenvalue weighted by molar-refractivity contribution is 0.112. The van der Waals surface area contributed by atoms with Crippen molar-refractivity contribution in [3.05, 3.63) is 52.1 Å². The van der Waals surface area contributed by atoms with Crippen LogP contribution in [0, 0.1) is 6.92 Å². The van der Waals surface area contributed by atoms with Gasteiger partial charge in [0.05, 0.1) is 0 Å². The smallest absolute Gasteiger partial charge is 0.222 e. The fraction of sp³-hybridized carbons (Fsp3) is 0.0769. The summed E-state index contributed by atoms with van der Waals surface area (Å²) in [6.07, 6.45) is 2.26. The minimum atomic E-state index is 0.512. The van der Waals surface area contributed by atoms with Crippen LogP contribution in [0.3, 0.4) is 0 Å². The van der Waals surface area contributed by atoms with Crippen LogP contribution in [0.5, 0.6) is 11.6 Å². The monoisotopic (exact) mass is 291 g/mol. The number of carbonyl (C=O) groups is 1. The first-order valence-electron chi connectivity index (χ1n) is 5.04. The van der Waals surface area contributed by atoms with Crippen molar-refractivity contribution in [3.8, 4) is 11.6 Å². The molecule has 0 aliphatic carbocycles. The molecule has 0 radical (unpaired) electrons. The highest BCUT2D eigenvalue weighted by atomic mass is 79.9. The Bertz CT molecular complexity index is 538. The molecule has 0 N–H and O–H groups in total. The second-order valence-electron chi connectivity index (χ2n) is 3.56. The molecular weight excluding hydrogens is 282 g/mol. The molecule has 0 aliphatic rings. The number of carbonyl (C=O) groups excluding carboxylic acids is 1. The Labute approximate surface area is 108 Å². The highest BCUT2D eigenvalue weighted by molar-refractivity contribution is 9.10. The van der Waals surface area contributed by atoms with Gasteiger partial charge in [-0.15, -0.1) is 0 Å². The summed E-state index contributed by atoms with van der Waals surface area (Å²) in [5.74, 6) is 1.22. The van der Waals surface area contributed by atoms with Crippen LogP contribution in [0.2, 0.25) is 0 Å². The zero-order valence-corrected chi connectivity index (χ0v) is 10.8. The molecule has 3 nitrogen and oxygen atoms in total. The van der Waals surface area contributed by atoms with Gasteiger partial charge in [-0.3, -0.25) is 4.79 Å². The van der Waals surface area contributed by atoms with Crippen molar-refractivity contribution >= 4 is 22.2 Å². The first kappa shape index (κ1) is 11.8. The first-order chi connectivity index (χ1) is 8.19. The molecule has 0 aliphatic heterocycles. The predicted molar refractivity (Wildman–Crippen MR) is 68.6 cm³/mol. The van der Waals surface area contributed by atoms with Gasteiger partial charge in [-0.1, -0.05) is 15.9 Å². The molecule has 0 fully saturated rings. The van der Waals surface area contributed by atoms with Crippen molar-refractivity contribution < 1.29 is 9.53 Å². The van der Waals surface area contributed by atoms with E-state index in [4.69, 9.17) is 4.74 Å². The van der Waals surface area contributed by atoms with Crippen LogP contribution in [0.4, 0.5) is 0 Å². The normalized spacial score (nSPS) is 10.0. The van der Waals surface area contributed by atoms with E-state index >= 15 is 0 Å². The van der Waals surface area contributed by atoms with Crippen molar-refractivity contribution in [2.45, 2.75) is 6.92 Å². The average molecular weight is 292 g/mol. The van der Waals surface area contributed by atoms with E-state index in [1.807, 2.05) is 31.2 Å². The molecule has 0 spiro atoms. The lowest BCUT2D eigenvalue weighted by atomic mass is 10.2. The summed E-state index contributed by atoms with van der Waals surface area (Å²) in [4.78, 5) is 14.7. The number of benzene rings is 1. The number of nitrogens with zero attached hydrogens (tertiary/aromatic N) is 1. The highest BCUT2D eigenvalue weighted by Gasteiger charge is 2.04. The minimum absolute atomic E-state index is 0.512. The van der Waals surface area contributed by atoms with E-state index in [-0.39, 0.29) is 0 Å². The largest absolute Gasteiger partial charge is 0.439 e. The second kappa shape index (κ2) is 5.10.